The molecule has 1 aromatic heterocycles. The summed E-state index contributed by atoms with van der Waals surface area (Å²) in [7, 11) is 0. The molecule has 0 bridgehead atoms. The van der Waals surface area contributed by atoms with Gasteiger partial charge in [0, 0.05) is 18.4 Å². The molecule has 0 spiro atoms. The van der Waals surface area contributed by atoms with Crippen LogP contribution in [0.1, 0.15) is 57.7 Å². The van der Waals surface area contributed by atoms with Gasteiger partial charge in [-0.1, -0.05) is 33.1 Å². The first-order valence-electron chi connectivity index (χ1n) is 6.78. The lowest BCUT2D eigenvalue weighted by Gasteiger charge is -2.29. The van der Waals surface area contributed by atoms with Gasteiger partial charge < -0.3 is 9.73 Å². The standard InChI is InChI=1S/C13H23N3O/c1-3-14-10-7-11-15-16-12(17-11)13(2)8-5-4-6-9-13/h14H,3-10H2,1-2H3. The van der Waals surface area contributed by atoms with Crippen LogP contribution in [0.15, 0.2) is 4.42 Å². The molecule has 2 rings (SSSR count). The van der Waals surface area contributed by atoms with Gasteiger partial charge in [0.05, 0.1) is 0 Å². The average Bonchev–Trinajstić information content (AvgIpc) is 2.80. The van der Waals surface area contributed by atoms with Crippen molar-refractivity contribution in [3.8, 4) is 0 Å². The van der Waals surface area contributed by atoms with Crippen LogP contribution in [-0.4, -0.2) is 23.3 Å². The maximum absolute atomic E-state index is 5.81. The molecule has 4 nitrogen and oxygen atoms in total. The number of nitrogens with zero attached hydrogens (tertiary/aromatic N) is 2. The molecule has 1 fully saturated rings. The van der Waals surface area contributed by atoms with Crippen molar-refractivity contribution in [1.82, 2.24) is 15.5 Å². The third-order valence-electron chi connectivity index (χ3n) is 3.71. The fraction of sp³-hybridized carbons (Fsp3) is 0.846. The number of nitrogens with one attached hydrogen (secondary N) is 1. The largest absolute Gasteiger partial charge is 0.425 e. The lowest BCUT2D eigenvalue weighted by molar-refractivity contribution is 0.252. The zero-order chi connectivity index (χ0) is 12.1. The van der Waals surface area contributed by atoms with Gasteiger partial charge in [-0.25, -0.2) is 0 Å². The molecule has 0 aromatic carbocycles. The monoisotopic (exact) mass is 237 g/mol. The van der Waals surface area contributed by atoms with E-state index in [0.717, 1.165) is 31.3 Å². The molecule has 1 aliphatic rings. The van der Waals surface area contributed by atoms with E-state index in [2.05, 4.69) is 29.4 Å². The molecule has 1 N–H and O–H groups in total. The van der Waals surface area contributed by atoms with E-state index in [1.165, 1.54) is 32.1 Å². The molecule has 96 valence electrons. The van der Waals surface area contributed by atoms with Gasteiger partial charge in [-0.2, -0.15) is 0 Å². The van der Waals surface area contributed by atoms with E-state index in [9.17, 15) is 0 Å². The van der Waals surface area contributed by atoms with Crippen molar-refractivity contribution < 1.29 is 4.42 Å². The Kier molecular flexibility index (Phi) is 4.15. The number of aromatic nitrogens is 2. The number of likely N-dealkylation sites (N-methyl/N-ethyl adjacent to an activating group) is 1. The number of rotatable bonds is 5. The molecule has 0 amide bonds. The van der Waals surface area contributed by atoms with Gasteiger partial charge in [0.25, 0.3) is 0 Å². The Morgan fingerprint density at radius 1 is 1.24 bits per heavy atom. The highest BCUT2D eigenvalue weighted by Crippen LogP contribution is 2.38. The summed E-state index contributed by atoms with van der Waals surface area (Å²) in [6, 6.07) is 0. The van der Waals surface area contributed by atoms with Crippen molar-refractivity contribution in [2.45, 2.75) is 57.8 Å². The van der Waals surface area contributed by atoms with Crippen molar-refractivity contribution in [2.75, 3.05) is 13.1 Å². The topological polar surface area (TPSA) is 51.0 Å². The van der Waals surface area contributed by atoms with Crippen LogP contribution in [0.4, 0.5) is 0 Å². The maximum atomic E-state index is 5.81. The molecule has 17 heavy (non-hydrogen) atoms. The Bertz CT molecular complexity index is 342. The summed E-state index contributed by atoms with van der Waals surface area (Å²) in [5.74, 6) is 1.62. The van der Waals surface area contributed by atoms with Crippen LogP contribution < -0.4 is 5.32 Å². The fourth-order valence-electron chi connectivity index (χ4n) is 2.52. The van der Waals surface area contributed by atoms with E-state index in [0.29, 0.717) is 0 Å². The summed E-state index contributed by atoms with van der Waals surface area (Å²) in [4.78, 5) is 0. The minimum absolute atomic E-state index is 0.127. The summed E-state index contributed by atoms with van der Waals surface area (Å²) in [6.45, 7) is 6.25. The van der Waals surface area contributed by atoms with Gasteiger partial charge in [0.2, 0.25) is 11.8 Å². The van der Waals surface area contributed by atoms with Crippen LogP contribution in [0.25, 0.3) is 0 Å². The van der Waals surface area contributed by atoms with Crippen LogP contribution in [0.3, 0.4) is 0 Å². The van der Waals surface area contributed by atoms with Gasteiger partial charge in [-0.05, 0) is 19.4 Å². The highest BCUT2D eigenvalue weighted by atomic mass is 16.4. The summed E-state index contributed by atoms with van der Waals surface area (Å²) in [5, 5.41) is 11.7. The Balaban J connectivity index is 1.96. The molecule has 0 atom stereocenters. The first-order valence-corrected chi connectivity index (χ1v) is 6.78. The van der Waals surface area contributed by atoms with E-state index in [4.69, 9.17) is 4.42 Å². The summed E-state index contributed by atoms with van der Waals surface area (Å²) < 4.78 is 5.81. The second-order valence-corrected chi connectivity index (χ2v) is 5.23. The van der Waals surface area contributed by atoms with Crippen LogP contribution in [0, 0.1) is 0 Å². The molecule has 0 saturated heterocycles. The molecule has 0 unspecified atom stereocenters. The minimum Gasteiger partial charge on any atom is -0.425 e. The third kappa shape index (κ3) is 3.06. The first-order chi connectivity index (χ1) is 8.24. The summed E-state index contributed by atoms with van der Waals surface area (Å²) >= 11 is 0. The second-order valence-electron chi connectivity index (χ2n) is 5.23. The van der Waals surface area contributed by atoms with Crippen molar-refractivity contribution in [2.24, 2.45) is 0 Å². The smallest absolute Gasteiger partial charge is 0.222 e. The second kappa shape index (κ2) is 5.63. The minimum atomic E-state index is 0.127. The lowest BCUT2D eigenvalue weighted by Crippen LogP contribution is -2.25. The van der Waals surface area contributed by atoms with E-state index >= 15 is 0 Å². The van der Waals surface area contributed by atoms with E-state index in [1.807, 2.05) is 0 Å². The molecular formula is C13H23N3O. The Hall–Kier alpha value is -0.900. The molecule has 4 heteroatoms. The molecular weight excluding hydrogens is 214 g/mol. The third-order valence-corrected chi connectivity index (χ3v) is 3.71. The maximum Gasteiger partial charge on any atom is 0.222 e. The predicted molar refractivity (Wildman–Crippen MR) is 67.0 cm³/mol. The Morgan fingerprint density at radius 2 is 2.00 bits per heavy atom. The van der Waals surface area contributed by atoms with Crippen LogP contribution in [0.5, 0.6) is 0 Å². The van der Waals surface area contributed by atoms with Gasteiger partial charge in [0.15, 0.2) is 0 Å². The van der Waals surface area contributed by atoms with Crippen LogP contribution in [0.2, 0.25) is 0 Å². The van der Waals surface area contributed by atoms with Gasteiger partial charge >= 0.3 is 0 Å². The molecule has 1 heterocycles. The van der Waals surface area contributed by atoms with Crippen molar-refractivity contribution in [3.05, 3.63) is 11.8 Å². The van der Waals surface area contributed by atoms with E-state index < -0.39 is 0 Å². The lowest BCUT2D eigenvalue weighted by atomic mass is 9.76. The van der Waals surface area contributed by atoms with Crippen molar-refractivity contribution >= 4 is 0 Å². The van der Waals surface area contributed by atoms with Gasteiger partial charge in [-0.3, -0.25) is 0 Å². The molecule has 1 aromatic rings. The summed E-state index contributed by atoms with van der Waals surface area (Å²) in [5.41, 5.74) is 0.127. The fourth-order valence-corrected chi connectivity index (χ4v) is 2.52. The highest BCUT2D eigenvalue weighted by molar-refractivity contribution is 5.03. The average molecular weight is 237 g/mol. The number of hydrogen-bond donors (Lipinski definition) is 1. The quantitative estimate of drug-likeness (QED) is 0.799. The van der Waals surface area contributed by atoms with Gasteiger partial charge in [0.1, 0.15) is 0 Å². The first kappa shape index (κ1) is 12.6. The Morgan fingerprint density at radius 3 is 2.71 bits per heavy atom. The highest BCUT2D eigenvalue weighted by Gasteiger charge is 2.33. The van der Waals surface area contributed by atoms with Crippen LogP contribution in [-0.2, 0) is 11.8 Å². The SMILES string of the molecule is CCNCCc1nnc(C2(C)CCCCC2)o1. The van der Waals surface area contributed by atoms with E-state index in [1.54, 1.807) is 0 Å². The molecule has 0 aliphatic heterocycles. The van der Waals surface area contributed by atoms with Crippen molar-refractivity contribution in [3.63, 3.8) is 0 Å². The van der Waals surface area contributed by atoms with Gasteiger partial charge in [-0.15, -0.1) is 10.2 Å². The number of hydrogen-bond acceptors (Lipinski definition) is 4. The normalized spacial score (nSPS) is 19.4. The van der Waals surface area contributed by atoms with Crippen molar-refractivity contribution in [1.29, 1.82) is 0 Å². The molecule has 0 radical (unpaired) electrons. The zero-order valence-corrected chi connectivity index (χ0v) is 11.0. The zero-order valence-electron chi connectivity index (χ0n) is 11.0. The molecule has 1 saturated carbocycles. The predicted octanol–water partition coefficient (Wildman–Crippen LogP) is 2.44. The Labute approximate surface area is 103 Å². The van der Waals surface area contributed by atoms with Crippen LogP contribution >= 0.6 is 0 Å². The molecule has 1 aliphatic carbocycles. The van der Waals surface area contributed by atoms with E-state index in [-0.39, 0.29) is 5.41 Å². The summed E-state index contributed by atoms with van der Waals surface area (Å²) in [6.07, 6.45) is 7.11.